The largest absolute Gasteiger partial charge is 0.545 e. The van der Waals surface area contributed by atoms with E-state index in [0.717, 1.165) is 5.56 Å². The van der Waals surface area contributed by atoms with Crippen LogP contribution in [0, 0.1) is 6.92 Å². The zero-order valence-corrected chi connectivity index (χ0v) is 15.1. The lowest BCUT2D eigenvalue weighted by molar-refractivity contribution is -0.255. The van der Waals surface area contributed by atoms with Crippen molar-refractivity contribution in [2.45, 2.75) is 6.92 Å². The van der Waals surface area contributed by atoms with Gasteiger partial charge in [0, 0.05) is 11.3 Å². The molecule has 6 heteroatoms. The molecular weight excluding hydrogens is 356 g/mol. The van der Waals surface area contributed by atoms with Gasteiger partial charge < -0.3 is 20.5 Å². The third kappa shape index (κ3) is 4.24. The molecule has 0 saturated carbocycles. The highest BCUT2D eigenvalue weighted by molar-refractivity contribution is 6.12. The Labute approximate surface area is 161 Å². The van der Waals surface area contributed by atoms with Gasteiger partial charge in [-0.25, -0.2) is 0 Å². The van der Waals surface area contributed by atoms with Crippen LogP contribution in [0.3, 0.4) is 0 Å². The Morgan fingerprint density at radius 3 is 1.93 bits per heavy atom. The molecule has 3 rings (SSSR count). The van der Waals surface area contributed by atoms with Gasteiger partial charge in [0.15, 0.2) is 0 Å². The zero-order valence-electron chi connectivity index (χ0n) is 15.1. The lowest BCUT2D eigenvalue weighted by Gasteiger charge is -2.13. The number of aromatic carboxylic acids is 1. The lowest BCUT2D eigenvalue weighted by Crippen LogP contribution is -2.22. The van der Waals surface area contributed by atoms with Crippen LogP contribution in [0.5, 0.6) is 0 Å². The molecule has 0 atom stereocenters. The predicted octanol–water partition coefficient (Wildman–Crippen LogP) is 2.86. The molecule has 0 heterocycles. The number of carbonyl (C=O) groups is 3. The summed E-state index contributed by atoms with van der Waals surface area (Å²) in [5.41, 5.74) is 2.46. The van der Waals surface area contributed by atoms with Gasteiger partial charge in [0.05, 0.1) is 17.2 Å². The van der Waals surface area contributed by atoms with Gasteiger partial charge in [-0.05, 0) is 48.4 Å². The van der Waals surface area contributed by atoms with Crippen molar-refractivity contribution in [3.8, 4) is 0 Å². The Morgan fingerprint density at radius 2 is 1.29 bits per heavy atom. The molecule has 0 unspecified atom stereocenters. The standard InChI is InChI=1S/C22H18N2O4/c1-14-6-2-3-7-17(14)20(25)24-19-9-5-4-8-18(19)21(26)23-16-12-10-15(11-13-16)22(27)28/h2-13H,1H3,(H,23,26)(H,24,25)(H,27,28)/p-1. The van der Waals surface area contributed by atoms with Crippen LogP contribution >= 0.6 is 0 Å². The van der Waals surface area contributed by atoms with Gasteiger partial charge in [-0.15, -0.1) is 0 Å². The molecular formula is C22H17N2O4-. The van der Waals surface area contributed by atoms with Crippen LogP contribution in [0.1, 0.15) is 36.6 Å². The normalized spacial score (nSPS) is 10.2. The third-order valence-corrected chi connectivity index (χ3v) is 4.19. The van der Waals surface area contributed by atoms with E-state index in [1.807, 2.05) is 19.1 Å². The summed E-state index contributed by atoms with van der Waals surface area (Å²) in [6, 6.07) is 19.5. The van der Waals surface area contributed by atoms with Crippen molar-refractivity contribution in [2.75, 3.05) is 10.6 Å². The highest BCUT2D eigenvalue weighted by Gasteiger charge is 2.15. The quantitative estimate of drug-likeness (QED) is 0.718. The van der Waals surface area contributed by atoms with Crippen molar-refractivity contribution in [1.82, 2.24) is 0 Å². The van der Waals surface area contributed by atoms with Crippen molar-refractivity contribution in [3.63, 3.8) is 0 Å². The molecule has 3 aromatic carbocycles. The Morgan fingerprint density at radius 1 is 0.714 bits per heavy atom. The summed E-state index contributed by atoms with van der Waals surface area (Å²) in [5, 5.41) is 16.3. The molecule has 0 saturated heterocycles. The number of hydrogen-bond acceptors (Lipinski definition) is 4. The first-order valence-electron chi connectivity index (χ1n) is 8.54. The fourth-order valence-electron chi connectivity index (χ4n) is 2.70. The first-order valence-corrected chi connectivity index (χ1v) is 8.54. The van der Waals surface area contributed by atoms with Crippen molar-refractivity contribution in [1.29, 1.82) is 0 Å². The van der Waals surface area contributed by atoms with E-state index in [1.54, 1.807) is 36.4 Å². The predicted molar refractivity (Wildman–Crippen MR) is 104 cm³/mol. The molecule has 0 aliphatic rings. The lowest BCUT2D eigenvalue weighted by atomic mass is 10.1. The number of carbonyl (C=O) groups excluding carboxylic acids is 3. The van der Waals surface area contributed by atoms with Crippen LogP contribution in [-0.4, -0.2) is 17.8 Å². The summed E-state index contributed by atoms with van der Waals surface area (Å²) >= 11 is 0. The highest BCUT2D eigenvalue weighted by Crippen LogP contribution is 2.19. The second-order valence-corrected chi connectivity index (χ2v) is 6.13. The number of para-hydroxylation sites is 1. The minimum Gasteiger partial charge on any atom is -0.545 e. The maximum atomic E-state index is 12.6. The average molecular weight is 373 g/mol. The second kappa shape index (κ2) is 8.18. The first kappa shape index (κ1) is 18.8. The molecule has 3 aromatic rings. The van der Waals surface area contributed by atoms with Crippen molar-refractivity contribution in [2.24, 2.45) is 0 Å². The molecule has 0 bridgehead atoms. The number of benzene rings is 3. The van der Waals surface area contributed by atoms with Crippen LogP contribution in [0.2, 0.25) is 0 Å². The molecule has 2 N–H and O–H groups in total. The third-order valence-electron chi connectivity index (χ3n) is 4.19. The van der Waals surface area contributed by atoms with Crippen molar-refractivity contribution in [3.05, 3.63) is 95.1 Å². The Bertz CT molecular complexity index is 1040. The number of carboxylic acid groups (broad SMARTS) is 1. The van der Waals surface area contributed by atoms with Crippen LogP contribution in [-0.2, 0) is 0 Å². The minimum atomic E-state index is -1.29. The molecule has 0 aliphatic carbocycles. The summed E-state index contributed by atoms with van der Waals surface area (Å²) in [6.07, 6.45) is 0. The topological polar surface area (TPSA) is 98.3 Å². The summed E-state index contributed by atoms with van der Waals surface area (Å²) in [5.74, 6) is -2.03. The van der Waals surface area contributed by atoms with E-state index in [-0.39, 0.29) is 17.0 Å². The van der Waals surface area contributed by atoms with Crippen LogP contribution in [0.4, 0.5) is 11.4 Å². The van der Waals surface area contributed by atoms with E-state index < -0.39 is 11.9 Å². The van der Waals surface area contributed by atoms with Crippen molar-refractivity contribution >= 4 is 29.2 Å². The molecule has 0 aliphatic heterocycles. The number of aryl methyl sites for hydroxylation is 1. The Balaban J connectivity index is 1.79. The van der Waals surface area contributed by atoms with Crippen LogP contribution < -0.4 is 15.7 Å². The molecule has 0 spiro atoms. The number of amides is 2. The SMILES string of the molecule is Cc1ccccc1C(=O)Nc1ccccc1C(=O)Nc1ccc(C(=O)[O-])cc1. The molecule has 28 heavy (non-hydrogen) atoms. The zero-order chi connectivity index (χ0) is 20.1. The van der Waals surface area contributed by atoms with E-state index in [1.165, 1.54) is 24.3 Å². The smallest absolute Gasteiger partial charge is 0.257 e. The van der Waals surface area contributed by atoms with Gasteiger partial charge in [-0.1, -0.05) is 42.5 Å². The maximum absolute atomic E-state index is 12.6. The minimum absolute atomic E-state index is 0.0175. The first-order chi connectivity index (χ1) is 13.5. The molecule has 0 radical (unpaired) electrons. The number of hydrogen-bond donors (Lipinski definition) is 2. The fourth-order valence-corrected chi connectivity index (χ4v) is 2.70. The van der Waals surface area contributed by atoms with Gasteiger partial charge >= 0.3 is 0 Å². The monoisotopic (exact) mass is 373 g/mol. The molecule has 0 aromatic heterocycles. The van der Waals surface area contributed by atoms with Gasteiger partial charge in [-0.3, -0.25) is 9.59 Å². The van der Waals surface area contributed by atoms with Gasteiger partial charge in [-0.2, -0.15) is 0 Å². The highest BCUT2D eigenvalue weighted by atomic mass is 16.4. The average Bonchev–Trinajstić information content (AvgIpc) is 2.69. The van der Waals surface area contributed by atoms with Crippen LogP contribution in [0.15, 0.2) is 72.8 Å². The van der Waals surface area contributed by atoms with E-state index in [4.69, 9.17) is 0 Å². The summed E-state index contributed by atoms with van der Waals surface area (Å²) in [4.78, 5) is 36.0. The van der Waals surface area contributed by atoms with E-state index >= 15 is 0 Å². The van der Waals surface area contributed by atoms with Gasteiger partial charge in [0.2, 0.25) is 0 Å². The fraction of sp³-hybridized carbons (Fsp3) is 0.0455. The van der Waals surface area contributed by atoms with Gasteiger partial charge in [0.1, 0.15) is 0 Å². The molecule has 140 valence electrons. The number of anilines is 2. The van der Waals surface area contributed by atoms with Gasteiger partial charge in [0.25, 0.3) is 11.8 Å². The summed E-state index contributed by atoms with van der Waals surface area (Å²) in [6.45, 7) is 1.84. The van der Waals surface area contributed by atoms with E-state index in [2.05, 4.69) is 10.6 Å². The molecule has 6 nitrogen and oxygen atoms in total. The summed E-state index contributed by atoms with van der Waals surface area (Å²) in [7, 11) is 0. The number of nitrogens with one attached hydrogen (secondary N) is 2. The van der Waals surface area contributed by atoms with E-state index in [9.17, 15) is 19.5 Å². The van der Waals surface area contributed by atoms with Crippen molar-refractivity contribution < 1.29 is 19.5 Å². The van der Waals surface area contributed by atoms with Crippen LogP contribution in [0.25, 0.3) is 0 Å². The Hall–Kier alpha value is -3.93. The summed E-state index contributed by atoms with van der Waals surface area (Å²) < 4.78 is 0. The molecule has 0 fully saturated rings. The Kier molecular flexibility index (Phi) is 5.50. The second-order valence-electron chi connectivity index (χ2n) is 6.13. The molecule has 2 amide bonds. The van der Waals surface area contributed by atoms with E-state index in [0.29, 0.717) is 16.9 Å². The maximum Gasteiger partial charge on any atom is 0.257 e. The number of carboxylic acids is 1. The number of rotatable bonds is 5.